The minimum Gasteiger partial charge on any atom is -0.495 e. The molecule has 0 bridgehead atoms. The number of carbonyl (C=O) groups excluding carboxylic acids is 1. The Balaban J connectivity index is 1.39. The molecule has 30 heavy (non-hydrogen) atoms. The summed E-state index contributed by atoms with van der Waals surface area (Å²) >= 11 is 0. The molecule has 1 N–H and O–H groups in total. The van der Waals surface area contributed by atoms with Crippen molar-refractivity contribution in [2.24, 2.45) is 7.05 Å². The average Bonchev–Trinajstić information content (AvgIpc) is 3.45. The van der Waals surface area contributed by atoms with Gasteiger partial charge in [0.1, 0.15) is 16.9 Å². The van der Waals surface area contributed by atoms with E-state index in [4.69, 9.17) is 9.15 Å². The number of nitrogens with one attached hydrogen (secondary N) is 1. The lowest BCUT2D eigenvalue weighted by Gasteiger charge is -2.24. The molecule has 1 aliphatic rings. The second-order valence-electron chi connectivity index (χ2n) is 7.87. The van der Waals surface area contributed by atoms with Crippen molar-refractivity contribution >= 4 is 33.5 Å². The zero-order valence-electron chi connectivity index (χ0n) is 17.2. The number of fused-ring (bicyclic) bond motifs is 3. The standard InChI is InChI=1S/C24H25N3O3/c1-26-11-5-8-19(26)20-9-6-12-27(20)15-24(28)25-18-14-22-17(13-23(18)29-2)16-7-3-4-10-21(16)30-22/h3-5,7-8,10-11,13-14,20H,6,9,12,15H2,1-2H3,(H,25,28). The SMILES string of the molecule is COc1cc2c(cc1NC(=O)CN1CCCC1c1cccn1C)oc1ccccc12. The molecule has 0 saturated carbocycles. The van der Waals surface area contributed by atoms with Crippen LogP contribution in [0.3, 0.4) is 0 Å². The van der Waals surface area contributed by atoms with E-state index >= 15 is 0 Å². The Bertz CT molecular complexity index is 1220. The quantitative estimate of drug-likeness (QED) is 0.524. The maximum atomic E-state index is 12.9. The van der Waals surface area contributed by atoms with Crippen LogP contribution in [0.5, 0.6) is 5.75 Å². The summed E-state index contributed by atoms with van der Waals surface area (Å²) in [4.78, 5) is 15.1. The summed E-state index contributed by atoms with van der Waals surface area (Å²) in [7, 11) is 3.67. The first-order chi connectivity index (χ1) is 14.6. The number of nitrogens with zero attached hydrogens (tertiary/aromatic N) is 2. The Morgan fingerprint density at radius 3 is 2.83 bits per heavy atom. The summed E-state index contributed by atoms with van der Waals surface area (Å²) in [5.41, 5.74) is 3.43. The topological polar surface area (TPSA) is 59.6 Å². The fourth-order valence-corrected chi connectivity index (χ4v) is 4.56. The molecule has 0 spiro atoms. The predicted octanol–water partition coefficient (Wildman–Crippen LogP) is 4.71. The number of likely N-dealkylation sites (tertiary alicyclic amines) is 1. The van der Waals surface area contributed by atoms with Gasteiger partial charge in [0.2, 0.25) is 5.91 Å². The van der Waals surface area contributed by atoms with Crippen LogP contribution in [0.4, 0.5) is 5.69 Å². The number of para-hydroxylation sites is 1. The van der Waals surface area contributed by atoms with E-state index in [1.54, 1.807) is 7.11 Å². The molecule has 6 heteroatoms. The zero-order valence-corrected chi connectivity index (χ0v) is 17.2. The van der Waals surface area contributed by atoms with E-state index < -0.39 is 0 Å². The van der Waals surface area contributed by atoms with Crippen LogP contribution in [0.15, 0.2) is 59.1 Å². The maximum absolute atomic E-state index is 12.9. The number of rotatable bonds is 5. The van der Waals surface area contributed by atoms with Gasteiger partial charge in [-0.3, -0.25) is 9.69 Å². The molecule has 1 unspecified atom stereocenters. The van der Waals surface area contributed by atoms with Gasteiger partial charge in [0.15, 0.2) is 0 Å². The molecule has 1 aliphatic heterocycles. The highest BCUT2D eigenvalue weighted by Crippen LogP contribution is 2.37. The highest BCUT2D eigenvalue weighted by Gasteiger charge is 2.29. The highest BCUT2D eigenvalue weighted by atomic mass is 16.5. The third kappa shape index (κ3) is 3.23. The summed E-state index contributed by atoms with van der Waals surface area (Å²) in [6.45, 7) is 1.26. The molecule has 1 amide bonds. The lowest BCUT2D eigenvalue weighted by molar-refractivity contribution is -0.117. The third-order valence-corrected chi connectivity index (χ3v) is 6.01. The summed E-state index contributed by atoms with van der Waals surface area (Å²) < 4.78 is 13.7. The van der Waals surface area contributed by atoms with Crippen molar-refractivity contribution in [2.75, 3.05) is 25.5 Å². The van der Waals surface area contributed by atoms with Gasteiger partial charge in [0, 0.05) is 35.8 Å². The Morgan fingerprint density at radius 2 is 2.03 bits per heavy atom. The van der Waals surface area contributed by atoms with Gasteiger partial charge in [-0.15, -0.1) is 0 Å². The number of methoxy groups -OCH3 is 1. The Labute approximate surface area is 175 Å². The fraction of sp³-hybridized carbons (Fsp3) is 0.292. The number of anilines is 1. The second-order valence-corrected chi connectivity index (χ2v) is 7.87. The molecular weight excluding hydrogens is 378 g/mol. The van der Waals surface area contributed by atoms with Crippen molar-refractivity contribution in [1.82, 2.24) is 9.47 Å². The van der Waals surface area contributed by atoms with E-state index in [9.17, 15) is 4.79 Å². The van der Waals surface area contributed by atoms with Crippen LogP contribution in [-0.2, 0) is 11.8 Å². The van der Waals surface area contributed by atoms with Gasteiger partial charge in [0.05, 0.1) is 25.4 Å². The van der Waals surface area contributed by atoms with Crippen LogP contribution in [0, 0.1) is 0 Å². The number of ether oxygens (including phenoxy) is 1. The van der Waals surface area contributed by atoms with Gasteiger partial charge < -0.3 is 19.0 Å². The molecule has 0 aliphatic carbocycles. The van der Waals surface area contributed by atoms with Crippen LogP contribution in [0.25, 0.3) is 21.9 Å². The highest BCUT2D eigenvalue weighted by molar-refractivity contribution is 6.07. The van der Waals surface area contributed by atoms with Gasteiger partial charge in [-0.2, -0.15) is 0 Å². The Morgan fingerprint density at radius 1 is 1.17 bits per heavy atom. The Kier molecular flexibility index (Phi) is 4.71. The monoisotopic (exact) mass is 403 g/mol. The molecule has 1 atom stereocenters. The number of hydrogen-bond donors (Lipinski definition) is 1. The van der Waals surface area contributed by atoms with Crippen LogP contribution in [0.1, 0.15) is 24.6 Å². The average molecular weight is 403 g/mol. The number of hydrogen-bond acceptors (Lipinski definition) is 4. The van der Waals surface area contributed by atoms with Crippen molar-refractivity contribution in [2.45, 2.75) is 18.9 Å². The van der Waals surface area contributed by atoms with Crippen LogP contribution >= 0.6 is 0 Å². The zero-order chi connectivity index (χ0) is 20.7. The minimum absolute atomic E-state index is 0.0510. The maximum Gasteiger partial charge on any atom is 0.238 e. The first-order valence-electron chi connectivity index (χ1n) is 10.3. The largest absolute Gasteiger partial charge is 0.495 e. The molecular formula is C24H25N3O3. The lowest BCUT2D eigenvalue weighted by Crippen LogP contribution is -2.33. The molecule has 154 valence electrons. The van der Waals surface area contributed by atoms with Gasteiger partial charge in [0.25, 0.3) is 0 Å². The number of carbonyl (C=O) groups is 1. The molecule has 4 aromatic rings. The number of benzene rings is 2. The van der Waals surface area contributed by atoms with E-state index in [1.807, 2.05) is 36.4 Å². The molecule has 6 nitrogen and oxygen atoms in total. The van der Waals surface area contributed by atoms with Gasteiger partial charge >= 0.3 is 0 Å². The van der Waals surface area contributed by atoms with Crippen molar-refractivity contribution in [3.8, 4) is 5.75 Å². The van der Waals surface area contributed by atoms with Gasteiger partial charge in [-0.05, 0) is 43.7 Å². The smallest absolute Gasteiger partial charge is 0.238 e. The third-order valence-electron chi connectivity index (χ3n) is 6.01. The number of aryl methyl sites for hydroxylation is 1. The van der Waals surface area contributed by atoms with E-state index in [1.165, 1.54) is 5.69 Å². The minimum atomic E-state index is -0.0510. The van der Waals surface area contributed by atoms with Crippen LogP contribution < -0.4 is 10.1 Å². The molecule has 2 aromatic heterocycles. The molecule has 2 aromatic carbocycles. The lowest BCUT2D eigenvalue weighted by atomic mass is 10.1. The Hall–Kier alpha value is -3.25. The summed E-state index contributed by atoms with van der Waals surface area (Å²) in [6.07, 6.45) is 4.22. The number of aromatic nitrogens is 1. The molecule has 5 rings (SSSR count). The fourth-order valence-electron chi connectivity index (χ4n) is 4.56. The molecule has 3 heterocycles. The summed E-state index contributed by atoms with van der Waals surface area (Å²) in [5, 5.41) is 5.04. The first-order valence-corrected chi connectivity index (χ1v) is 10.3. The number of amides is 1. The van der Waals surface area contributed by atoms with Crippen molar-refractivity contribution in [3.63, 3.8) is 0 Å². The second kappa shape index (κ2) is 7.54. The van der Waals surface area contributed by atoms with Crippen LogP contribution in [0.2, 0.25) is 0 Å². The summed E-state index contributed by atoms with van der Waals surface area (Å²) in [6, 6.07) is 16.1. The van der Waals surface area contributed by atoms with Crippen molar-refractivity contribution in [1.29, 1.82) is 0 Å². The number of furan rings is 1. The van der Waals surface area contributed by atoms with Crippen molar-refractivity contribution in [3.05, 3.63) is 60.4 Å². The van der Waals surface area contributed by atoms with E-state index in [0.717, 1.165) is 41.3 Å². The predicted molar refractivity (Wildman–Crippen MR) is 118 cm³/mol. The summed E-state index contributed by atoms with van der Waals surface area (Å²) in [5.74, 6) is 0.577. The normalized spacial score (nSPS) is 17.1. The van der Waals surface area contributed by atoms with Crippen molar-refractivity contribution < 1.29 is 13.9 Å². The van der Waals surface area contributed by atoms with Gasteiger partial charge in [-0.25, -0.2) is 0 Å². The molecule has 0 radical (unpaired) electrons. The van der Waals surface area contributed by atoms with E-state index in [0.29, 0.717) is 18.0 Å². The van der Waals surface area contributed by atoms with E-state index in [2.05, 4.69) is 40.2 Å². The van der Waals surface area contributed by atoms with E-state index in [-0.39, 0.29) is 11.9 Å². The molecule has 1 saturated heterocycles. The van der Waals surface area contributed by atoms with Crippen LogP contribution in [-0.4, -0.2) is 35.6 Å². The first kappa shape index (κ1) is 18.8. The van der Waals surface area contributed by atoms with Gasteiger partial charge in [-0.1, -0.05) is 18.2 Å². The molecule has 1 fully saturated rings.